The maximum Gasteiger partial charge on any atom is 0.308 e. The third kappa shape index (κ3) is 3.59. The summed E-state index contributed by atoms with van der Waals surface area (Å²) in [5.41, 5.74) is 0. The van der Waals surface area contributed by atoms with E-state index in [1.807, 2.05) is 0 Å². The Kier molecular flexibility index (Phi) is 4.63. The van der Waals surface area contributed by atoms with Crippen molar-refractivity contribution in [2.24, 2.45) is 5.92 Å². The summed E-state index contributed by atoms with van der Waals surface area (Å²) in [4.78, 5) is 23.2. The summed E-state index contributed by atoms with van der Waals surface area (Å²) in [6.07, 6.45) is 4.17. The fraction of sp³-hybridized carbons (Fsp3) is 0.538. The smallest absolute Gasteiger partial charge is 0.308 e. The first-order valence-corrected chi connectivity index (χ1v) is 7.16. The molecular formula is C13H16BrNO4. The van der Waals surface area contributed by atoms with E-state index in [0.29, 0.717) is 17.5 Å². The Morgan fingerprint density at radius 3 is 2.63 bits per heavy atom. The monoisotopic (exact) mass is 329 g/mol. The van der Waals surface area contributed by atoms with E-state index >= 15 is 0 Å². The summed E-state index contributed by atoms with van der Waals surface area (Å²) in [6, 6.07) is 2.87. The number of nitrogens with one attached hydrogen (secondary N) is 1. The van der Waals surface area contributed by atoms with Crippen molar-refractivity contribution in [2.75, 3.05) is 0 Å². The first-order chi connectivity index (χ1) is 9.08. The lowest BCUT2D eigenvalue weighted by molar-refractivity contribution is -0.142. The van der Waals surface area contributed by atoms with E-state index in [1.54, 1.807) is 12.1 Å². The highest BCUT2D eigenvalue weighted by atomic mass is 79.9. The van der Waals surface area contributed by atoms with Gasteiger partial charge in [-0.15, -0.1) is 0 Å². The van der Waals surface area contributed by atoms with Crippen LogP contribution in [0, 0.1) is 5.92 Å². The van der Waals surface area contributed by atoms with Crippen molar-refractivity contribution in [1.29, 1.82) is 0 Å². The largest absolute Gasteiger partial charge is 0.481 e. The van der Waals surface area contributed by atoms with Crippen LogP contribution in [0.4, 0.5) is 0 Å². The number of hydrogen-bond acceptors (Lipinski definition) is 3. The molecule has 2 rings (SSSR count). The molecule has 5 nitrogen and oxygen atoms in total. The average molecular weight is 330 g/mol. The quantitative estimate of drug-likeness (QED) is 0.835. The zero-order valence-corrected chi connectivity index (χ0v) is 12.0. The van der Waals surface area contributed by atoms with Crippen molar-refractivity contribution in [3.63, 3.8) is 0 Å². The highest BCUT2D eigenvalue weighted by Gasteiger charge is 2.31. The zero-order chi connectivity index (χ0) is 13.8. The molecule has 6 heteroatoms. The second-order valence-electron chi connectivity index (χ2n) is 4.77. The van der Waals surface area contributed by atoms with Crippen molar-refractivity contribution in [3.05, 3.63) is 22.6 Å². The van der Waals surface area contributed by atoms with Gasteiger partial charge in [0.1, 0.15) is 0 Å². The Labute approximate surface area is 119 Å². The van der Waals surface area contributed by atoms with Crippen molar-refractivity contribution < 1.29 is 19.1 Å². The third-order valence-corrected chi connectivity index (χ3v) is 3.87. The van der Waals surface area contributed by atoms with E-state index in [4.69, 9.17) is 4.42 Å². The van der Waals surface area contributed by atoms with Gasteiger partial charge in [0.05, 0.1) is 5.92 Å². The maximum atomic E-state index is 12.0. The molecular weight excluding hydrogens is 314 g/mol. The number of hydrogen-bond donors (Lipinski definition) is 2. The molecule has 0 aliphatic heterocycles. The van der Waals surface area contributed by atoms with Crippen LogP contribution in [0.1, 0.15) is 42.7 Å². The molecule has 0 saturated heterocycles. The number of rotatable bonds is 3. The number of carboxylic acids is 1. The molecule has 0 unspecified atom stereocenters. The van der Waals surface area contributed by atoms with Crippen LogP contribution in [0.2, 0.25) is 0 Å². The van der Waals surface area contributed by atoms with Gasteiger partial charge >= 0.3 is 5.97 Å². The summed E-state index contributed by atoms with van der Waals surface area (Å²) in [5, 5.41) is 12.0. The maximum absolute atomic E-state index is 12.0. The Hall–Kier alpha value is -1.30. The molecule has 0 radical (unpaired) electrons. The molecule has 1 aliphatic rings. The van der Waals surface area contributed by atoms with Gasteiger partial charge in [-0.05, 0) is 40.9 Å². The van der Waals surface area contributed by atoms with Gasteiger partial charge in [0, 0.05) is 6.04 Å². The normalized spacial score (nSPS) is 23.6. The van der Waals surface area contributed by atoms with E-state index in [9.17, 15) is 14.7 Å². The molecule has 1 aliphatic carbocycles. The Morgan fingerprint density at radius 2 is 2.00 bits per heavy atom. The van der Waals surface area contributed by atoms with Crippen molar-refractivity contribution in [1.82, 2.24) is 5.32 Å². The molecule has 1 aromatic heterocycles. The van der Waals surface area contributed by atoms with E-state index in [-0.39, 0.29) is 17.7 Å². The fourth-order valence-electron chi connectivity index (χ4n) is 2.45. The van der Waals surface area contributed by atoms with Crippen LogP contribution >= 0.6 is 15.9 Å². The van der Waals surface area contributed by atoms with Crippen LogP contribution in [-0.2, 0) is 4.79 Å². The first kappa shape index (κ1) is 14.1. The number of carbonyl (C=O) groups excluding carboxylic acids is 1. The van der Waals surface area contributed by atoms with Crippen molar-refractivity contribution in [3.8, 4) is 0 Å². The van der Waals surface area contributed by atoms with Crippen LogP contribution in [-0.4, -0.2) is 23.0 Å². The van der Waals surface area contributed by atoms with Gasteiger partial charge in [-0.25, -0.2) is 0 Å². The molecule has 1 saturated carbocycles. The number of amides is 1. The van der Waals surface area contributed by atoms with Gasteiger partial charge < -0.3 is 14.8 Å². The molecule has 0 aromatic carbocycles. The molecule has 0 spiro atoms. The van der Waals surface area contributed by atoms with E-state index in [0.717, 1.165) is 19.3 Å². The standard InChI is InChI=1S/C13H16BrNO4/c14-11-7-6-10(19-11)12(16)15-9-5-3-1-2-4-8(9)13(17)18/h6-9H,1-5H2,(H,15,16)(H,17,18)/t8-,9-/m0/s1. The number of halogens is 1. The highest BCUT2D eigenvalue weighted by Crippen LogP contribution is 2.24. The molecule has 2 atom stereocenters. The van der Waals surface area contributed by atoms with Gasteiger partial charge in [-0.2, -0.15) is 0 Å². The highest BCUT2D eigenvalue weighted by molar-refractivity contribution is 9.10. The minimum Gasteiger partial charge on any atom is -0.481 e. The van der Waals surface area contributed by atoms with Crippen molar-refractivity contribution >= 4 is 27.8 Å². The molecule has 1 heterocycles. The van der Waals surface area contributed by atoms with Gasteiger partial charge in [-0.1, -0.05) is 19.3 Å². The lowest BCUT2D eigenvalue weighted by Gasteiger charge is -2.22. The summed E-state index contributed by atoms with van der Waals surface area (Å²) >= 11 is 3.13. The summed E-state index contributed by atoms with van der Waals surface area (Å²) < 4.78 is 5.65. The SMILES string of the molecule is O=C(N[C@H]1CCCCC[C@@H]1C(=O)O)c1ccc(Br)o1. The molecule has 1 fully saturated rings. The predicted molar refractivity (Wildman–Crippen MR) is 71.9 cm³/mol. The topological polar surface area (TPSA) is 79.5 Å². The predicted octanol–water partition coefficient (Wildman–Crippen LogP) is 2.81. The average Bonchev–Trinajstić information content (AvgIpc) is 2.65. The number of aliphatic carboxylic acids is 1. The lowest BCUT2D eigenvalue weighted by Crippen LogP contribution is -2.42. The van der Waals surface area contributed by atoms with E-state index in [2.05, 4.69) is 21.2 Å². The molecule has 19 heavy (non-hydrogen) atoms. The second-order valence-corrected chi connectivity index (χ2v) is 5.55. The Morgan fingerprint density at radius 1 is 1.26 bits per heavy atom. The van der Waals surface area contributed by atoms with Crippen LogP contribution < -0.4 is 5.32 Å². The Balaban J connectivity index is 2.06. The van der Waals surface area contributed by atoms with Gasteiger partial charge in [0.25, 0.3) is 5.91 Å². The second kappa shape index (κ2) is 6.23. The number of furan rings is 1. The van der Waals surface area contributed by atoms with E-state index in [1.165, 1.54) is 0 Å². The van der Waals surface area contributed by atoms with Crippen LogP contribution in [0.5, 0.6) is 0 Å². The summed E-state index contributed by atoms with van der Waals surface area (Å²) in [7, 11) is 0. The minimum atomic E-state index is -0.840. The zero-order valence-electron chi connectivity index (χ0n) is 10.4. The molecule has 1 aromatic rings. The molecule has 2 N–H and O–H groups in total. The lowest BCUT2D eigenvalue weighted by atomic mass is 9.95. The number of carbonyl (C=O) groups is 2. The molecule has 0 bridgehead atoms. The first-order valence-electron chi connectivity index (χ1n) is 6.37. The minimum absolute atomic E-state index is 0.195. The molecule has 1 amide bonds. The van der Waals surface area contributed by atoms with Gasteiger partial charge in [-0.3, -0.25) is 9.59 Å². The molecule has 104 valence electrons. The Bertz CT molecular complexity index is 471. The van der Waals surface area contributed by atoms with Crippen molar-refractivity contribution in [2.45, 2.75) is 38.1 Å². The van der Waals surface area contributed by atoms with Crippen LogP contribution in [0.15, 0.2) is 21.2 Å². The summed E-state index contributed by atoms with van der Waals surface area (Å²) in [6.45, 7) is 0. The third-order valence-electron chi connectivity index (χ3n) is 3.45. The van der Waals surface area contributed by atoms with E-state index < -0.39 is 11.9 Å². The van der Waals surface area contributed by atoms with Gasteiger partial charge in [0.15, 0.2) is 10.4 Å². The van der Waals surface area contributed by atoms with Gasteiger partial charge in [0.2, 0.25) is 0 Å². The van der Waals surface area contributed by atoms with Crippen LogP contribution in [0.3, 0.4) is 0 Å². The fourth-order valence-corrected chi connectivity index (χ4v) is 2.76. The summed E-state index contributed by atoms with van der Waals surface area (Å²) in [5.74, 6) is -1.51. The number of carboxylic acid groups (broad SMARTS) is 1. The van der Waals surface area contributed by atoms with Crippen LogP contribution in [0.25, 0.3) is 0 Å².